The third kappa shape index (κ3) is 7.24. The summed E-state index contributed by atoms with van der Waals surface area (Å²) < 4.78 is 6.76. The van der Waals surface area contributed by atoms with Crippen molar-refractivity contribution in [1.82, 2.24) is 14.8 Å². The number of carbonyl (C=O) groups excluding carboxylic acids is 3. The van der Waals surface area contributed by atoms with E-state index < -0.39 is 11.8 Å². The van der Waals surface area contributed by atoms with Crippen LogP contribution in [0.3, 0.4) is 0 Å². The first kappa shape index (κ1) is 27.9. The van der Waals surface area contributed by atoms with E-state index in [2.05, 4.69) is 26.2 Å². The number of likely N-dealkylation sites (tertiary alicyclic amines) is 1. The molecule has 2 aromatic carbocycles. The highest BCUT2D eigenvalue weighted by molar-refractivity contribution is 9.10. The number of rotatable bonds is 6. The maximum absolute atomic E-state index is 12.8. The molecule has 1 aromatic heterocycles. The van der Waals surface area contributed by atoms with Crippen LogP contribution in [0, 0.1) is 0 Å². The molecule has 1 fully saturated rings. The van der Waals surface area contributed by atoms with Crippen molar-refractivity contribution >= 4 is 62.5 Å². The van der Waals surface area contributed by atoms with Crippen molar-refractivity contribution in [2.24, 2.45) is 0 Å². The van der Waals surface area contributed by atoms with E-state index in [9.17, 15) is 14.4 Å². The second-order valence-electron chi connectivity index (χ2n) is 8.86. The van der Waals surface area contributed by atoms with Gasteiger partial charge < -0.3 is 19.9 Å². The molecule has 0 spiro atoms. The zero-order chi connectivity index (χ0) is 27.2. The Bertz CT molecular complexity index is 1330. The first-order chi connectivity index (χ1) is 18.2. The molecule has 1 saturated heterocycles. The summed E-state index contributed by atoms with van der Waals surface area (Å²) >= 11 is 15.6. The molecule has 4 rings (SSSR count). The van der Waals surface area contributed by atoms with Gasteiger partial charge in [-0.1, -0.05) is 45.2 Å². The van der Waals surface area contributed by atoms with Gasteiger partial charge in [0, 0.05) is 46.8 Å². The second-order valence-corrected chi connectivity index (χ2v) is 10.6. The molecule has 0 atom stereocenters. The molecular formula is C27H25BrCl2N4O4. The third-order valence-electron chi connectivity index (χ3n) is 5.93. The fraction of sp³-hybridized carbons (Fsp3) is 0.259. The average Bonchev–Trinajstić information content (AvgIpc) is 2.89. The van der Waals surface area contributed by atoms with Crippen LogP contribution in [0.2, 0.25) is 10.0 Å². The standard InChI is InChI=1S/C27H25BrCl2N4O4/c1-33(16-17-5-6-18(28)11-24(17)38-22-13-19(29)12-20(30)14-22)27(37)25(35)32-21-7-8-23(31-15-21)26(36)34-9-3-2-4-10-34/h5-8,11-15H,2-4,9-10,16H2,1H3,(H,32,35). The number of anilines is 1. The van der Waals surface area contributed by atoms with Crippen molar-refractivity contribution in [3.63, 3.8) is 0 Å². The van der Waals surface area contributed by atoms with E-state index in [-0.39, 0.29) is 12.5 Å². The van der Waals surface area contributed by atoms with E-state index in [0.29, 0.717) is 38.5 Å². The molecule has 1 N–H and O–H groups in total. The van der Waals surface area contributed by atoms with Gasteiger partial charge in [-0.15, -0.1) is 0 Å². The lowest BCUT2D eigenvalue weighted by Gasteiger charge is -2.26. The van der Waals surface area contributed by atoms with E-state index >= 15 is 0 Å². The summed E-state index contributed by atoms with van der Waals surface area (Å²) in [6.07, 6.45) is 4.47. The molecule has 3 aromatic rings. The molecule has 0 radical (unpaired) electrons. The lowest BCUT2D eigenvalue weighted by atomic mass is 10.1. The second kappa shape index (κ2) is 12.6. The quantitative estimate of drug-likeness (QED) is 0.333. The van der Waals surface area contributed by atoms with E-state index in [0.717, 1.165) is 36.8 Å². The summed E-state index contributed by atoms with van der Waals surface area (Å²) in [5.41, 5.74) is 1.28. The number of likely N-dealkylation sites (N-methyl/N-ethyl adjacent to an activating group) is 1. The predicted octanol–water partition coefficient (Wildman–Crippen LogP) is 6.17. The summed E-state index contributed by atoms with van der Waals surface area (Å²) in [6.45, 7) is 1.54. The summed E-state index contributed by atoms with van der Waals surface area (Å²) in [5.74, 6) is -0.811. The van der Waals surface area contributed by atoms with Crippen LogP contribution in [0.25, 0.3) is 0 Å². The van der Waals surface area contributed by atoms with Crippen LogP contribution in [-0.2, 0) is 16.1 Å². The van der Waals surface area contributed by atoms with Gasteiger partial charge in [0.1, 0.15) is 17.2 Å². The number of amides is 3. The Balaban J connectivity index is 1.39. The Labute approximate surface area is 239 Å². The van der Waals surface area contributed by atoms with Crippen molar-refractivity contribution in [1.29, 1.82) is 0 Å². The van der Waals surface area contributed by atoms with Crippen LogP contribution in [-0.4, -0.2) is 52.6 Å². The predicted molar refractivity (Wildman–Crippen MR) is 150 cm³/mol. The number of benzene rings is 2. The average molecular weight is 620 g/mol. The number of pyridine rings is 1. The highest BCUT2D eigenvalue weighted by Crippen LogP contribution is 2.32. The first-order valence-corrected chi connectivity index (χ1v) is 13.5. The fourth-order valence-electron chi connectivity index (χ4n) is 4.01. The minimum Gasteiger partial charge on any atom is -0.457 e. The molecule has 0 aliphatic carbocycles. The maximum Gasteiger partial charge on any atom is 0.313 e. The molecular weight excluding hydrogens is 595 g/mol. The molecule has 8 nitrogen and oxygen atoms in total. The SMILES string of the molecule is CN(Cc1ccc(Br)cc1Oc1cc(Cl)cc(Cl)c1)C(=O)C(=O)Nc1ccc(C(=O)N2CCCCC2)nc1. The fourth-order valence-corrected chi connectivity index (χ4v) is 4.85. The summed E-state index contributed by atoms with van der Waals surface area (Å²) in [5, 5.41) is 3.39. The van der Waals surface area contributed by atoms with Crippen LogP contribution in [0.5, 0.6) is 11.5 Å². The minimum atomic E-state index is -0.828. The smallest absolute Gasteiger partial charge is 0.313 e. The largest absolute Gasteiger partial charge is 0.457 e. The van der Waals surface area contributed by atoms with Crippen molar-refractivity contribution in [2.45, 2.75) is 25.8 Å². The Kier molecular flexibility index (Phi) is 9.25. The first-order valence-electron chi connectivity index (χ1n) is 11.9. The molecule has 2 heterocycles. The van der Waals surface area contributed by atoms with Gasteiger partial charge in [-0.3, -0.25) is 14.4 Å². The van der Waals surface area contributed by atoms with Crippen molar-refractivity contribution in [2.75, 3.05) is 25.5 Å². The van der Waals surface area contributed by atoms with Gasteiger partial charge >= 0.3 is 11.8 Å². The van der Waals surface area contributed by atoms with Crippen molar-refractivity contribution in [3.05, 3.63) is 80.5 Å². The van der Waals surface area contributed by atoms with Crippen LogP contribution in [0.1, 0.15) is 35.3 Å². The minimum absolute atomic E-state index is 0.102. The van der Waals surface area contributed by atoms with Gasteiger partial charge in [-0.2, -0.15) is 0 Å². The lowest BCUT2D eigenvalue weighted by Crippen LogP contribution is -2.37. The third-order valence-corrected chi connectivity index (χ3v) is 6.85. The van der Waals surface area contributed by atoms with Crippen LogP contribution in [0.4, 0.5) is 5.69 Å². The molecule has 38 heavy (non-hydrogen) atoms. The van der Waals surface area contributed by atoms with Crippen LogP contribution < -0.4 is 10.1 Å². The zero-order valence-corrected chi connectivity index (χ0v) is 23.6. The highest BCUT2D eigenvalue weighted by atomic mass is 79.9. The van der Waals surface area contributed by atoms with Crippen molar-refractivity contribution in [3.8, 4) is 11.5 Å². The summed E-state index contributed by atoms with van der Waals surface area (Å²) in [7, 11) is 1.52. The van der Waals surface area contributed by atoms with Gasteiger partial charge in [-0.05, 0) is 61.7 Å². The normalized spacial score (nSPS) is 13.1. The summed E-state index contributed by atoms with van der Waals surface area (Å²) in [4.78, 5) is 45.3. The monoisotopic (exact) mass is 618 g/mol. The number of ether oxygens (including phenoxy) is 1. The highest BCUT2D eigenvalue weighted by Gasteiger charge is 2.22. The molecule has 3 amide bonds. The van der Waals surface area contributed by atoms with Crippen LogP contribution in [0.15, 0.2) is 59.2 Å². The number of nitrogens with zero attached hydrogens (tertiary/aromatic N) is 3. The van der Waals surface area contributed by atoms with E-state index in [4.69, 9.17) is 27.9 Å². The van der Waals surface area contributed by atoms with E-state index in [1.807, 2.05) is 6.07 Å². The Morgan fingerprint density at radius 2 is 1.74 bits per heavy atom. The molecule has 0 bridgehead atoms. The van der Waals surface area contributed by atoms with Gasteiger partial charge in [0.15, 0.2) is 0 Å². The summed E-state index contributed by atoms with van der Waals surface area (Å²) in [6, 6.07) is 13.3. The van der Waals surface area contributed by atoms with Crippen LogP contribution >= 0.6 is 39.1 Å². The Morgan fingerprint density at radius 1 is 1.03 bits per heavy atom. The number of piperidine rings is 1. The number of halogens is 3. The number of aromatic nitrogens is 1. The molecule has 198 valence electrons. The van der Waals surface area contributed by atoms with Gasteiger partial charge in [0.05, 0.1) is 11.9 Å². The molecule has 1 aliphatic heterocycles. The molecule has 0 saturated carbocycles. The van der Waals surface area contributed by atoms with Gasteiger partial charge in [0.2, 0.25) is 0 Å². The van der Waals surface area contributed by atoms with E-state index in [1.54, 1.807) is 47.4 Å². The Hall–Kier alpha value is -3.14. The van der Waals surface area contributed by atoms with Crippen molar-refractivity contribution < 1.29 is 19.1 Å². The molecule has 11 heteroatoms. The van der Waals surface area contributed by atoms with Gasteiger partial charge in [-0.25, -0.2) is 4.98 Å². The van der Waals surface area contributed by atoms with E-state index in [1.165, 1.54) is 18.1 Å². The number of carbonyl (C=O) groups is 3. The molecule has 1 aliphatic rings. The number of hydrogen-bond acceptors (Lipinski definition) is 5. The molecule has 0 unspecified atom stereocenters. The topological polar surface area (TPSA) is 91.8 Å². The zero-order valence-electron chi connectivity index (χ0n) is 20.5. The number of nitrogens with one attached hydrogen (secondary N) is 1. The lowest BCUT2D eigenvalue weighted by molar-refractivity contribution is -0.142. The maximum atomic E-state index is 12.8. The Morgan fingerprint density at radius 3 is 2.39 bits per heavy atom. The number of hydrogen-bond donors (Lipinski definition) is 1. The van der Waals surface area contributed by atoms with Gasteiger partial charge in [0.25, 0.3) is 5.91 Å².